The van der Waals surface area contributed by atoms with Gasteiger partial charge in [0.1, 0.15) is 0 Å². The van der Waals surface area contributed by atoms with E-state index in [9.17, 15) is 4.79 Å². The molecule has 0 aromatic heterocycles. The van der Waals surface area contributed by atoms with Gasteiger partial charge in [-0.15, -0.1) is 0 Å². The Labute approximate surface area is 133 Å². The quantitative estimate of drug-likeness (QED) is 0.542. The molecule has 1 rings (SSSR count). The molecule has 1 aromatic carbocycles. The average molecular weight is 311 g/mol. The van der Waals surface area contributed by atoms with Crippen LogP contribution in [0.5, 0.6) is 0 Å². The third kappa shape index (κ3) is 9.35. The molecule has 0 saturated heterocycles. The van der Waals surface area contributed by atoms with E-state index in [4.69, 9.17) is 11.6 Å². The highest BCUT2D eigenvalue weighted by Crippen LogP contribution is 2.14. The Bertz CT molecular complexity index is 410. The van der Waals surface area contributed by atoms with Crippen LogP contribution in [0.25, 0.3) is 0 Å². The number of halogens is 1. The molecule has 3 nitrogen and oxygen atoms in total. The molecule has 0 unspecified atom stereocenters. The van der Waals surface area contributed by atoms with Gasteiger partial charge in [-0.3, -0.25) is 0 Å². The second kappa shape index (κ2) is 11.4. The molecule has 2 amide bonds. The number of carbonyl (C=O) groups is 1. The lowest BCUT2D eigenvalue weighted by Gasteiger charge is -2.07. The first-order chi connectivity index (χ1) is 10.2. The molecule has 0 radical (unpaired) electrons. The minimum absolute atomic E-state index is 0.166. The van der Waals surface area contributed by atoms with Crippen LogP contribution >= 0.6 is 11.6 Å². The summed E-state index contributed by atoms with van der Waals surface area (Å²) < 4.78 is 0. The molecule has 0 atom stereocenters. The van der Waals surface area contributed by atoms with E-state index in [0.717, 1.165) is 18.7 Å². The predicted molar refractivity (Wildman–Crippen MR) is 91.1 cm³/mol. The lowest BCUT2D eigenvalue weighted by atomic mass is 10.1. The van der Waals surface area contributed by atoms with Crippen LogP contribution in [0, 0.1) is 0 Å². The summed E-state index contributed by atoms with van der Waals surface area (Å²) in [6, 6.07) is 6.99. The number of benzene rings is 1. The highest BCUT2D eigenvalue weighted by atomic mass is 35.5. The third-order valence-corrected chi connectivity index (χ3v) is 3.63. The largest absolute Gasteiger partial charge is 0.338 e. The monoisotopic (exact) mass is 310 g/mol. The fourth-order valence-corrected chi connectivity index (χ4v) is 2.39. The molecular formula is C17H27ClN2O. The Morgan fingerprint density at radius 1 is 1.05 bits per heavy atom. The number of unbranched alkanes of at least 4 members (excludes halogenated alkanes) is 7. The molecule has 0 spiro atoms. The maximum atomic E-state index is 11.7. The van der Waals surface area contributed by atoms with Gasteiger partial charge in [0.2, 0.25) is 0 Å². The van der Waals surface area contributed by atoms with E-state index in [2.05, 4.69) is 17.6 Å². The molecule has 118 valence electrons. The molecule has 0 saturated carbocycles. The van der Waals surface area contributed by atoms with E-state index < -0.39 is 0 Å². The maximum absolute atomic E-state index is 11.7. The fraction of sp³-hybridized carbons (Fsp3) is 0.588. The Kier molecular flexibility index (Phi) is 9.71. The Morgan fingerprint density at radius 2 is 1.71 bits per heavy atom. The van der Waals surface area contributed by atoms with Crippen molar-refractivity contribution in [1.29, 1.82) is 0 Å². The highest BCUT2D eigenvalue weighted by molar-refractivity contribution is 6.30. The average Bonchev–Trinajstić information content (AvgIpc) is 2.45. The molecule has 0 aliphatic heterocycles. The van der Waals surface area contributed by atoms with Crippen LogP contribution in [0.1, 0.15) is 58.3 Å². The molecule has 21 heavy (non-hydrogen) atoms. The highest BCUT2D eigenvalue weighted by Gasteiger charge is 2.01. The SMILES string of the molecule is CCCCCCCCCCNC(=O)Nc1cccc(Cl)c1. The Hall–Kier alpha value is -1.22. The molecule has 0 bridgehead atoms. The van der Waals surface area contributed by atoms with Crippen molar-refractivity contribution in [3.05, 3.63) is 29.3 Å². The van der Waals surface area contributed by atoms with Gasteiger partial charge in [0.05, 0.1) is 0 Å². The first-order valence-corrected chi connectivity index (χ1v) is 8.40. The summed E-state index contributed by atoms with van der Waals surface area (Å²) in [6.07, 6.45) is 10.2. The number of hydrogen-bond acceptors (Lipinski definition) is 1. The van der Waals surface area contributed by atoms with Gasteiger partial charge in [0.25, 0.3) is 0 Å². The molecular weight excluding hydrogens is 284 g/mol. The molecule has 0 aliphatic carbocycles. The smallest absolute Gasteiger partial charge is 0.319 e. The van der Waals surface area contributed by atoms with Crippen molar-refractivity contribution in [1.82, 2.24) is 5.32 Å². The van der Waals surface area contributed by atoms with E-state index in [-0.39, 0.29) is 6.03 Å². The fourth-order valence-electron chi connectivity index (χ4n) is 2.20. The van der Waals surface area contributed by atoms with Crippen LogP contribution in [-0.4, -0.2) is 12.6 Å². The van der Waals surface area contributed by atoms with Crippen molar-refractivity contribution in [2.45, 2.75) is 58.3 Å². The molecule has 0 aliphatic rings. The van der Waals surface area contributed by atoms with Gasteiger partial charge in [-0.05, 0) is 24.6 Å². The van der Waals surface area contributed by atoms with Gasteiger partial charge in [0.15, 0.2) is 0 Å². The number of anilines is 1. The number of carbonyl (C=O) groups excluding carboxylic acids is 1. The standard InChI is InChI=1S/C17H27ClN2O/c1-2-3-4-5-6-7-8-9-13-19-17(21)20-16-12-10-11-15(18)14-16/h10-12,14H,2-9,13H2,1H3,(H2,19,20,21). The molecule has 1 aromatic rings. The number of rotatable bonds is 10. The summed E-state index contributed by atoms with van der Waals surface area (Å²) in [4.78, 5) is 11.7. The van der Waals surface area contributed by atoms with Crippen molar-refractivity contribution >= 4 is 23.3 Å². The van der Waals surface area contributed by atoms with Crippen molar-refractivity contribution in [3.8, 4) is 0 Å². The number of nitrogens with one attached hydrogen (secondary N) is 2. The van der Waals surface area contributed by atoms with Crippen molar-refractivity contribution in [2.75, 3.05) is 11.9 Å². The van der Waals surface area contributed by atoms with Gasteiger partial charge in [-0.25, -0.2) is 4.79 Å². The molecule has 2 N–H and O–H groups in total. The van der Waals surface area contributed by atoms with E-state index in [1.807, 2.05) is 12.1 Å². The van der Waals surface area contributed by atoms with Crippen molar-refractivity contribution in [2.24, 2.45) is 0 Å². The van der Waals surface area contributed by atoms with E-state index in [1.54, 1.807) is 12.1 Å². The Morgan fingerprint density at radius 3 is 2.38 bits per heavy atom. The van der Waals surface area contributed by atoms with Crippen LogP contribution in [0.3, 0.4) is 0 Å². The summed E-state index contributed by atoms with van der Waals surface area (Å²) in [6.45, 7) is 2.96. The zero-order valence-corrected chi connectivity index (χ0v) is 13.7. The zero-order valence-electron chi connectivity index (χ0n) is 13.0. The van der Waals surface area contributed by atoms with Crippen LogP contribution < -0.4 is 10.6 Å². The summed E-state index contributed by atoms with van der Waals surface area (Å²) >= 11 is 5.86. The van der Waals surface area contributed by atoms with Crippen molar-refractivity contribution < 1.29 is 4.79 Å². The molecule has 0 heterocycles. The van der Waals surface area contributed by atoms with Gasteiger partial charge >= 0.3 is 6.03 Å². The van der Waals surface area contributed by atoms with Crippen LogP contribution in [0.4, 0.5) is 10.5 Å². The normalized spacial score (nSPS) is 10.4. The second-order valence-corrected chi connectivity index (χ2v) is 5.80. The topological polar surface area (TPSA) is 41.1 Å². The summed E-state index contributed by atoms with van der Waals surface area (Å²) in [7, 11) is 0. The van der Waals surface area contributed by atoms with E-state index >= 15 is 0 Å². The minimum Gasteiger partial charge on any atom is -0.338 e. The molecule has 0 fully saturated rings. The van der Waals surface area contributed by atoms with Gasteiger partial charge in [0, 0.05) is 17.3 Å². The van der Waals surface area contributed by atoms with Gasteiger partial charge < -0.3 is 10.6 Å². The minimum atomic E-state index is -0.166. The molecule has 4 heteroatoms. The zero-order chi connectivity index (χ0) is 15.3. The first kappa shape index (κ1) is 17.8. The number of amides is 2. The van der Waals surface area contributed by atoms with Crippen LogP contribution in [-0.2, 0) is 0 Å². The van der Waals surface area contributed by atoms with Crippen molar-refractivity contribution in [3.63, 3.8) is 0 Å². The van der Waals surface area contributed by atoms with E-state index in [0.29, 0.717) is 5.02 Å². The predicted octanol–water partition coefficient (Wildman–Crippen LogP) is 5.60. The first-order valence-electron chi connectivity index (χ1n) is 8.03. The van der Waals surface area contributed by atoms with Crippen LogP contribution in [0.15, 0.2) is 24.3 Å². The van der Waals surface area contributed by atoms with E-state index in [1.165, 1.54) is 44.9 Å². The van der Waals surface area contributed by atoms with Crippen LogP contribution in [0.2, 0.25) is 5.02 Å². The maximum Gasteiger partial charge on any atom is 0.319 e. The summed E-state index contributed by atoms with van der Waals surface area (Å²) in [5.74, 6) is 0. The Balaban J connectivity index is 1.99. The summed E-state index contributed by atoms with van der Waals surface area (Å²) in [5.41, 5.74) is 0.718. The van der Waals surface area contributed by atoms with Gasteiger partial charge in [-0.2, -0.15) is 0 Å². The number of urea groups is 1. The lowest BCUT2D eigenvalue weighted by Crippen LogP contribution is -2.29. The third-order valence-electron chi connectivity index (χ3n) is 3.40. The van der Waals surface area contributed by atoms with Gasteiger partial charge in [-0.1, -0.05) is 69.5 Å². The second-order valence-electron chi connectivity index (χ2n) is 5.37. The number of hydrogen-bond donors (Lipinski definition) is 2. The summed E-state index contributed by atoms with van der Waals surface area (Å²) in [5, 5.41) is 6.26. The lowest BCUT2D eigenvalue weighted by molar-refractivity contribution is 0.252.